The van der Waals surface area contributed by atoms with Gasteiger partial charge < -0.3 is 19.4 Å². The molecule has 0 spiro atoms. The molecule has 0 aliphatic carbocycles. The molecular formula is C10H8Na2O4S-2. The second-order valence-corrected chi connectivity index (χ2v) is 3.61. The van der Waals surface area contributed by atoms with Crippen molar-refractivity contribution in [3.63, 3.8) is 0 Å². The van der Waals surface area contributed by atoms with Crippen LogP contribution >= 0.6 is 0 Å². The van der Waals surface area contributed by atoms with Crippen LogP contribution in [0.15, 0.2) is 41.3 Å². The Kier molecular flexibility index (Phi) is 14.0. The average Bonchev–Trinajstić information content (AvgIpc) is 2.17. The zero-order valence-corrected chi connectivity index (χ0v) is 14.4. The molecule has 2 aromatic rings. The van der Waals surface area contributed by atoms with Crippen molar-refractivity contribution in [2.24, 2.45) is 0 Å². The molecule has 4 nitrogen and oxygen atoms in total. The molecule has 0 radical (unpaired) electrons. The number of benzene rings is 2. The molecule has 0 fully saturated rings. The predicted molar refractivity (Wildman–Crippen MR) is 53.7 cm³/mol. The van der Waals surface area contributed by atoms with E-state index in [0.717, 1.165) is 10.8 Å². The van der Waals surface area contributed by atoms with Crippen LogP contribution in [0, 0.1) is 6.07 Å². The van der Waals surface area contributed by atoms with Gasteiger partial charge in [-0.25, -0.2) is 0 Å². The van der Waals surface area contributed by atoms with Gasteiger partial charge in [-0.15, -0.1) is 16.8 Å². The minimum atomic E-state index is -2.15. The van der Waals surface area contributed by atoms with E-state index in [1.54, 1.807) is 24.3 Å². The van der Waals surface area contributed by atoms with E-state index in [0.29, 0.717) is 4.90 Å². The molecule has 0 aliphatic heterocycles. The van der Waals surface area contributed by atoms with Crippen molar-refractivity contribution in [2.75, 3.05) is 0 Å². The Morgan fingerprint density at radius 2 is 1.59 bits per heavy atom. The third-order valence-corrected chi connectivity index (χ3v) is 2.49. The van der Waals surface area contributed by atoms with Gasteiger partial charge in [-0.2, -0.15) is 24.3 Å². The summed E-state index contributed by atoms with van der Waals surface area (Å²) in [5.74, 6) is 0. The van der Waals surface area contributed by atoms with Gasteiger partial charge in [0.05, 0.1) is 0 Å². The minimum absolute atomic E-state index is 0. The molecule has 2 N–H and O–H groups in total. The summed E-state index contributed by atoms with van der Waals surface area (Å²) in [6.45, 7) is 0. The topological polar surface area (TPSA) is 94.1 Å². The quantitative estimate of drug-likeness (QED) is 0.299. The van der Waals surface area contributed by atoms with Crippen LogP contribution in [0.3, 0.4) is 0 Å². The maximum Gasteiger partial charge on any atom is 1.00 e. The monoisotopic (exact) mass is 270 g/mol. The Bertz CT molecular complexity index is 520. The molecule has 2 rings (SSSR count). The first-order chi connectivity index (χ1) is 6.27. The standard InChI is InChI=1S/C10H6O2S.2Na.2H2O/c11-13(12)10-6-5-8-3-1-2-4-9(8)7-10;;;;/h2-7H;;;2*1H2/q-2;2*+1;;/p-2. The summed E-state index contributed by atoms with van der Waals surface area (Å²) >= 11 is 0. The van der Waals surface area contributed by atoms with Gasteiger partial charge in [-0.3, -0.25) is 0 Å². The van der Waals surface area contributed by atoms with E-state index >= 15 is 0 Å². The van der Waals surface area contributed by atoms with Gasteiger partial charge in [0.1, 0.15) is 0 Å². The van der Waals surface area contributed by atoms with Gasteiger partial charge in [0.2, 0.25) is 0 Å². The summed E-state index contributed by atoms with van der Waals surface area (Å²) in [6.07, 6.45) is 0. The molecule has 0 heterocycles. The summed E-state index contributed by atoms with van der Waals surface area (Å²) < 4.78 is 21.3. The van der Waals surface area contributed by atoms with Gasteiger partial charge in [-0.05, 0) is 10.7 Å². The van der Waals surface area contributed by atoms with Crippen LogP contribution in [0.5, 0.6) is 0 Å². The molecule has 0 saturated heterocycles. The second kappa shape index (κ2) is 10.5. The summed E-state index contributed by atoms with van der Waals surface area (Å²) in [4.78, 5) is 0.318. The van der Waals surface area contributed by atoms with Crippen LogP contribution < -0.4 is 59.1 Å². The van der Waals surface area contributed by atoms with Gasteiger partial charge in [0.25, 0.3) is 0 Å². The van der Waals surface area contributed by atoms with Crippen molar-refractivity contribution in [3.8, 4) is 0 Å². The van der Waals surface area contributed by atoms with Crippen LogP contribution in [0.2, 0.25) is 0 Å². The maximum atomic E-state index is 10.6. The largest absolute Gasteiger partial charge is 1.00 e. The van der Waals surface area contributed by atoms with E-state index in [9.17, 15) is 8.42 Å². The van der Waals surface area contributed by atoms with Crippen LogP contribution in [-0.4, -0.2) is 11.0 Å². The molecule has 0 saturated carbocycles. The molecule has 0 atom stereocenters. The molecule has 17 heavy (non-hydrogen) atoms. The second-order valence-electron chi connectivity index (χ2n) is 2.67. The Hall–Kier alpha value is 0.570. The fraction of sp³-hybridized carbons (Fsp3) is 0. The van der Waals surface area contributed by atoms with E-state index in [2.05, 4.69) is 6.07 Å². The van der Waals surface area contributed by atoms with E-state index in [1.807, 2.05) is 12.1 Å². The minimum Gasteiger partial charge on any atom is -0.870 e. The number of hydrogen-bond acceptors (Lipinski definition) is 5. The van der Waals surface area contributed by atoms with E-state index in [-0.39, 0.29) is 70.1 Å². The normalized spacial score (nSPS) is 8.29. The van der Waals surface area contributed by atoms with Crippen molar-refractivity contribution in [2.45, 2.75) is 4.90 Å². The molecule has 0 amide bonds. The van der Waals surface area contributed by atoms with E-state index in [1.165, 1.54) is 0 Å². The first-order valence-electron chi connectivity index (χ1n) is 3.76. The van der Waals surface area contributed by atoms with Crippen molar-refractivity contribution >= 4 is 21.5 Å². The van der Waals surface area contributed by atoms with E-state index in [4.69, 9.17) is 0 Å². The first-order valence-corrected chi connectivity index (χ1v) is 4.84. The fourth-order valence-corrected chi connectivity index (χ4v) is 1.61. The first kappa shape index (κ1) is 22.7. The van der Waals surface area contributed by atoms with Crippen molar-refractivity contribution < 1.29 is 78.5 Å². The van der Waals surface area contributed by atoms with Crippen LogP contribution in [0.4, 0.5) is 0 Å². The number of fused-ring (bicyclic) bond motifs is 1. The van der Waals surface area contributed by atoms with E-state index < -0.39 is 10.7 Å². The van der Waals surface area contributed by atoms with Gasteiger partial charge >= 0.3 is 59.1 Å². The van der Waals surface area contributed by atoms with Gasteiger partial charge in [0, 0.05) is 0 Å². The summed E-state index contributed by atoms with van der Waals surface area (Å²) in [6, 6.07) is 13.4. The molecule has 0 unspecified atom stereocenters. The van der Waals surface area contributed by atoms with Crippen molar-refractivity contribution in [3.05, 3.63) is 42.5 Å². The molecule has 7 heteroatoms. The maximum absolute atomic E-state index is 10.6. The summed E-state index contributed by atoms with van der Waals surface area (Å²) in [5.41, 5.74) is 0. The zero-order chi connectivity index (χ0) is 9.26. The Morgan fingerprint density at radius 3 is 2.18 bits per heavy atom. The molecule has 82 valence electrons. The predicted octanol–water partition coefficient (Wildman–Crippen LogP) is -4.04. The molecule has 0 aromatic heterocycles. The molecular weight excluding hydrogens is 262 g/mol. The summed E-state index contributed by atoms with van der Waals surface area (Å²) in [5, 5.41) is 1.91. The third kappa shape index (κ3) is 5.83. The third-order valence-electron chi connectivity index (χ3n) is 1.85. The smallest absolute Gasteiger partial charge is 0.870 e. The van der Waals surface area contributed by atoms with Gasteiger partial charge in [-0.1, -0.05) is 17.0 Å². The summed E-state index contributed by atoms with van der Waals surface area (Å²) in [7, 11) is -2.15. The van der Waals surface area contributed by atoms with Crippen LogP contribution in [0.25, 0.3) is 10.8 Å². The van der Waals surface area contributed by atoms with Crippen molar-refractivity contribution in [1.82, 2.24) is 0 Å². The number of rotatable bonds is 1. The fourth-order valence-electron chi connectivity index (χ4n) is 1.21. The van der Waals surface area contributed by atoms with Gasteiger partial charge in [0.15, 0.2) is 0 Å². The zero-order valence-electron chi connectivity index (χ0n) is 9.58. The Morgan fingerprint density at radius 1 is 0.941 bits per heavy atom. The number of hydrogen-bond donors (Lipinski definition) is 0. The molecule has 2 aromatic carbocycles. The van der Waals surface area contributed by atoms with Crippen LogP contribution in [-0.2, 0) is 19.1 Å². The van der Waals surface area contributed by atoms with Crippen molar-refractivity contribution in [1.29, 1.82) is 0 Å². The SMILES string of the molecule is O=[S-](=O)c1ccc2c[c-]ccc2c1.[Na+].[Na+].[OH-].[OH-]. The van der Waals surface area contributed by atoms with Crippen LogP contribution in [0.1, 0.15) is 0 Å². The molecule has 0 bridgehead atoms. The average molecular weight is 270 g/mol. The Balaban J connectivity index is -0.000000490. The Labute approximate surface area is 146 Å². The molecule has 0 aliphatic rings.